The van der Waals surface area contributed by atoms with Crippen molar-refractivity contribution in [3.8, 4) is 0 Å². The van der Waals surface area contributed by atoms with Gasteiger partial charge in [0, 0.05) is 23.3 Å². The Morgan fingerprint density at radius 1 is 1.62 bits per heavy atom. The van der Waals surface area contributed by atoms with Crippen molar-refractivity contribution in [2.24, 2.45) is 0 Å². The maximum absolute atomic E-state index is 11.5. The molecule has 1 fully saturated rings. The van der Waals surface area contributed by atoms with Crippen LogP contribution >= 0.6 is 11.3 Å². The van der Waals surface area contributed by atoms with Gasteiger partial charge in [-0.15, -0.1) is 11.3 Å². The number of rotatable bonds is 1. The molecule has 0 radical (unpaired) electrons. The highest BCUT2D eigenvalue weighted by Gasteiger charge is 2.19. The fourth-order valence-electron chi connectivity index (χ4n) is 1.45. The fourth-order valence-corrected chi connectivity index (χ4v) is 2.14. The maximum Gasteiger partial charge on any atom is 0.241 e. The first kappa shape index (κ1) is 8.72. The average molecular weight is 196 g/mol. The molecule has 1 aliphatic heterocycles. The van der Waals surface area contributed by atoms with Crippen LogP contribution in [0.2, 0.25) is 0 Å². The maximum atomic E-state index is 11.5. The second kappa shape index (κ2) is 3.47. The van der Waals surface area contributed by atoms with Crippen molar-refractivity contribution in [2.45, 2.75) is 6.92 Å². The van der Waals surface area contributed by atoms with E-state index >= 15 is 0 Å². The molecule has 1 amide bonds. The average Bonchev–Trinajstić information content (AvgIpc) is 2.53. The van der Waals surface area contributed by atoms with Gasteiger partial charge in [0.1, 0.15) is 0 Å². The van der Waals surface area contributed by atoms with Crippen LogP contribution in [0.25, 0.3) is 0 Å². The van der Waals surface area contributed by atoms with E-state index in [2.05, 4.69) is 18.3 Å². The molecule has 1 aromatic heterocycles. The zero-order valence-corrected chi connectivity index (χ0v) is 8.36. The molecule has 1 N–H and O–H groups in total. The van der Waals surface area contributed by atoms with E-state index in [1.807, 2.05) is 10.3 Å². The van der Waals surface area contributed by atoms with Gasteiger partial charge >= 0.3 is 0 Å². The first-order chi connectivity index (χ1) is 6.27. The molecular formula is C9H12N2OS. The second-order valence-electron chi connectivity index (χ2n) is 3.14. The molecule has 0 aliphatic carbocycles. The third-order valence-corrected chi connectivity index (χ3v) is 2.97. The number of anilines is 1. The lowest BCUT2D eigenvalue weighted by molar-refractivity contribution is -0.118. The van der Waals surface area contributed by atoms with Crippen LogP contribution in [0, 0.1) is 6.92 Å². The Hall–Kier alpha value is -0.870. The van der Waals surface area contributed by atoms with E-state index in [-0.39, 0.29) is 5.91 Å². The van der Waals surface area contributed by atoms with Gasteiger partial charge in [-0.1, -0.05) is 0 Å². The molecule has 1 aromatic rings. The van der Waals surface area contributed by atoms with Crippen LogP contribution in [-0.4, -0.2) is 25.5 Å². The van der Waals surface area contributed by atoms with Gasteiger partial charge in [0.15, 0.2) is 0 Å². The number of piperazine rings is 1. The van der Waals surface area contributed by atoms with Crippen LogP contribution in [0.15, 0.2) is 11.4 Å². The Kier molecular flexibility index (Phi) is 2.33. The molecule has 0 unspecified atom stereocenters. The highest BCUT2D eigenvalue weighted by Crippen LogP contribution is 2.22. The molecule has 1 saturated heterocycles. The molecule has 0 spiro atoms. The number of aryl methyl sites for hydroxylation is 1. The topological polar surface area (TPSA) is 32.3 Å². The standard InChI is InChI=1S/C9H12N2OS/c1-7-4-8(6-13-7)11-3-2-10-5-9(11)12/h4,6,10H,2-3,5H2,1H3. The molecule has 0 saturated carbocycles. The number of hydrogen-bond donors (Lipinski definition) is 1. The Bertz CT molecular complexity index is 321. The highest BCUT2D eigenvalue weighted by atomic mass is 32.1. The van der Waals surface area contributed by atoms with Crippen molar-refractivity contribution in [3.05, 3.63) is 16.3 Å². The number of carbonyl (C=O) groups excluding carboxylic acids is 1. The van der Waals surface area contributed by atoms with Gasteiger partial charge in [-0.25, -0.2) is 0 Å². The first-order valence-electron chi connectivity index (χ1n) is 4.33. The molecule has 4 heteroatoms. The number of carbonyl (C=O) groups is 1. The van der Waals surface area contributed by atoms with E-state index in [4.69, 9.17) is 0 Å². The Morgan fingerprint density at radius 2 is 2.46 bits per heavy atom. The van der Waals surface area contributed by atoms with Gasteiger partial charge in [0.05, 0.1) is 12.2 Å². The van der Waals surface area contributed by atoms with Crippen LogP contribution in [0.3, 0.4) is 0 Å². The van der Waals surface area contributed by atoms with E-state index in [1.165, 1.54) is 4.88 Å². The molecule has 1 aliphatic rings. The number of nitrogens with one attached hydrogen (secondary N) is 1. The van der Waals surface area contributed by atoms with E-state index in [9.17, 15) is 4.79 Å². The normalized spacial score (nSPS) is 17.9. The molecule has 3 nitrogen and oxygen atoms in total. The molecule has 2 rings (SSSR count). The molecule has 13 heavy (non-hydrogen) atoms. The van der Waals surface area contributed by atoms with Crippen LogP contribution in [-0.2, 0) is 4.79 Å². The third kappa shape index (κ3) is 1.73. The summed E-state index contributed by atoms with van der Waals surface area (Å²) in [6, 6.07) is 2.06. The molecular weight excluding hydrogens is 184 g/mol. The van der Waals surface area contributed by atoms with Gasteiger partial charge < -0.3 is 10.2 Å². The van der Waals surface area contributed by atoms with Gasteiger partial charge in [0.25, 0.3) is 0 Å². The lowest BCUT2D eigenvalue weighted by Crippen LogP contribution is -2.48. The molecule has 70 valence electrons. The number of thiophene rings is 1. The fraction of sp³-hybridized carbons (Fsp3) is 0.444. The lowest BCUT2D eigenvalue weighted by Gasteiger charge is -2.26. The summed E-state index contributed by atoms with van der Waals surface area (Å²) >= 11 is 1.69. The summed E-state index contributed by atoms with van der Waals surface area (Å²) in [6.45, 7) is 4.20. The number of hydrogen-bond acceptors (Lipinski definition) is 3. The van der Waals surface area contributed by atoms with E-state index < -0.39 is 0 Å². The third-order valence-electron chi connectivity index (χ3n) is 2.12. The summed E-state index contributed by atoms with van der Waals surface area (Å²) in [5, 5.41) is 5.09. The van der Waals surface area contributed by atoms with Crippen molar-refractivity contribution in [2.75, 3.05) is 24.5 Å². The SMILES string of the molecule is Cc1cc(N2CCNCC2=O)cs1. The second-order valence-corrected chi connectivity index (χ2v) is 4.25. The zero-order valence-electron chi connectivity index (χ0n) is 7.54. The summed E-state index contributed by atoms with van der Waals surface area (Å²) in [6.07, 6.45) is 0. The van der Waals surface area contributed by atoms with Crippen LogP contribution in [0.4, 0.5) is 5.69 Å². The molecule has 0 atom stereocenters. The van der Waals surface area contributed by atoms with Crippen LogP contribution in [0.5, 0.6) is 0 Å². The quantitative estimate of drug-likeness (QED) is 0.726. The van der Waals surface area contributed by atoms with Gasteiger partial charge in [-0.3, -0.25) is 4.79 Å². The number of amides is 1. The van der Waals surface area contributed by atoms with Crippen molar-refractivity contribution in [1.82, 2.24) is 5.32 Å². The largest absolute Gasteiger partial charge is 0.309 e. The van der Waals surface area contributed by atoms with Crippen molar-refractivity contribution >= 4 is 22.9 Å². The predicted octanol–water partition coefficient (Wildman–Crippen LogP) is 0.993. The Morgan fingerprint density at radius 3 is 3.08 bits per heavy atom. The molecule has 0 aromatic carbocycles. The summed E-state index contributed by atoms with van der Waals surface area (Å²) in [5.74, 6) is 0.170. The summed E-state index contributed by atoms with van der Waals surface area (Å²) < 4.78 is 0. The van der Waals surface area contributed by atoms with E-state index in [0.717, 1.165) is 18.8 Å². The zero-order chi connectivity index (χ0) is 9.26. The van der Waals surface area contributed by atoms with Gasteiger partial charge in [-0.05, 0) is 13.0 Å². The van der Waals surface area contributed by atoms with Crippen LogP contribution < -0.4 is 10.2 Å². The minimum Gasteiger partial charge on any atom is -0.309 e. The summed E-state index contributed by atoms with van der Waals surface area (Å²) in [4.78, 5) is 14.6. The lowest BCUT2D eigenvalue weighted by atomic mass is 10.3. The molecule has 2 heterocycles. The van der Waals surface area contributed by atoms with Crippen molar-refractivity contribution in [1.29, 1.82) is 0 Å². The highest BCUT2D eigenvalue weighted by molar-refractivity contribution is 7.10. The Balaban J connectivity index is 2.19. The van der Waals surface area contributed by atoms with Crippen LogP contribution in [0.1, 0.15) is 4.88 Å². The van der Waals surface area contributed by atoms with Gasteiger partial charge in [-0.2, -0.15) is 0 Å². The van der Waals surface area contributed by atoms with E-state index in [0.29, 0.717) is 6.54 Å². The number of nitrogens with zero attached hydrogens (tertiary/aromatic N) is 1. The monoisotopic (exact) mass is 196 g/mol. The summed E-state index contributed by atoms with van der Waals surface area (Å²) in [5.41, 5.74) is 1.05. The minimum absolute atomic E-state index is 0.170. The van der Waals surface area contributed by atoms with E-state index in [1.54, 1.807) is 11.3 Å². The van der Waals surface area contributed by atoms with Crippen molar-refractivity contribution < 1.29 is 4.79 Å². The Labute approximate surface area is 81.4 Å². The first-order valence-corrected chi connectivity index (χ1v) is 5.21. The van der Waals surface area contributed by atoms with Gasteiger partial charge in [0.2, 0.25) is 5.91 Å². The predicted molar refractivity (Wildman–Crippen MR) is 54.3 cm³/mol. The molecule has 0 bridgehead atoms. The smallest absolute Gasteiger partial charge is 0.241 e. The summed E-state index contributed by atoms with van der Waals surface area (Å²) in [7, 11) is 0. The minimum atomic E-state index is 0.170. The van der Waals surface area contributed by atoms with Crippen molar-refractivity contribution in [3.63, 3.8) is 0 Å².